The smallest absolute Gasteiger partial charge is 0.433 e. The molecule has 5 nitrogen and oxygen atoms in total. The van der Waals surface area contributed by atoms with Crippen LogP contribution in [-0.2, 0) is 6.18 Å². The van der Waals surface area contributed by atoms with E-state index in [0.29, 0.717) is 17.1 Å². The molecular weight excluding hydrogens is 321 g/mol. The molecule has 0 aliphatic rings. The molecule has 2 heterocycles. The molecule has 0 amide bonds. The van der Waals surface area contributed by atoms with Crippen LogP contribution in [0.1, 0.15) is 11.5 Å². The van der Waals surface area contributed by atoms with Crippen LogP contribution >= 0.6 is 0 Å². The number of imidazole rings is 1. The highest BCUT2D eigenvalue weighted by Crippen LogP contribution is 2.31. The van der Waals surface area contributed by atoms with Crippen LogP contribution in [-0.4, -0.2) is 26.6 Å². The molecule has 3 rings (SSSR count). The van der Waals surface area contributed by atoms with Gasteiger partial charge in [0, 0.05) is 18.0 Å². The first-order chi connectivity index (χ1) is 11.4. The number of rotatable bonds is 3. The minimum absolute atomic E-state index is 0.0855. The van der Waals surface area contributed by atoms with Gasteiger partial charge < -0.3 is 4.74 Å². The van der Waals surface area contributed by atoms with Crippen LogP contribution in [0.5, 0.6) is 5.75 Å². The van der Waals surface area contributed by atoms with E-state index in [-0.39, 0.29) is 11.6 Å². The first kappa shape index (κ1) is 16.0. The monoisotopic (exact) mass is 334 g/mol. The van der Waals surface area contributed by atoms with Crippen molar-refractivity contribution >= 4 is 0 Å². The lowest BCUT2D eigenvalue weighted by atomic mass is 10.1. The SMILES string of the molecule is COc1cccc(-c2cc(C(F)(F)F)nc(-n3ccnc3C)n2)c1. The second-order valence-corrected chi connectivity index (χ2v) is 5.01. The molecule has 0 unspecified atom stereocenters. The van der Waals surface area contributed by atoms with Gasteiger partial charge in [0.25, 0.3) is 0 Å². The van der Waals surface area contributed by atoms with Crippen LogP contribution in [0, 0.1) is 6.92 Å². The number of ether oxygens (including phenoxy) is 1. The van der Waals surface area contributed by atoms with E-state index in [0.717, 1.165) is 6.07 Å². The number of benzene rings is 1. The van der Waals surface area contributed by atoms with Crippen molar-refractivity contribution in [2.24, 2.45) is 0 Å². The predicted octanol–water partition coefficient (Wildman–Crippen LogP) is 3.67. The number of hydrogen-bond acceptors (Lipinski definition) is 4. The first-order valence-electron chi connectivity index (χ1n) is 6.99. The molecule has 0 aliphatic heterocycles. The normalized spacial score (nSPS) is 11.5. The maximum atomic E-state index is 13.2. The number of hydrogen-bond donors (Lipinski definition) is 0. The maximum absolute atomic E-state index is 13.2. The summed E-state index contributed by atoms with van der Waals surface area (Å²) in [5, 5.41) is 0. The number of aryl methyl sites for hydroxylation is 1. The minimum atomic E-state index is -4.58. The van der Waals surface area contributed by atoms with Crippen molar-refractivity contribution < 1.29 is 17.9 Å². The lowest BCUT2D eigenvalue weighted by Crippen LogP contribution is -2.13. The molecule has 24 heavy (non-hydrogen) atoms. The Labute approximate surface area is 135 Å². The highest BCUT2D eigenvalue weighted by atomic mass is 19.4. The van der Waals surface area contributed by atoms with E-state index in [1.165, 1.54) is 24.1 Å². The van der Waals surface area contributed by atoms with Gasteiger partial charge >= 0.3 is 6.18 Å². The number of alkyl halides is 3. The molecule has 0 spiro atoms. The highest BCUT2D eigenvalue weighted by Gasteiger charge is 2.34. The molecule has 0 radical (unpaired) electrons. The van der Waals surface area contributed by atoms with Crippen molar-refractivity contribution in [3.63, 3.8) is 0 Å². The van der Waals surface area contributed by atoms with Gasteiger partial charge in [0.1, 0.15) is 11.6 Å². The van der Waals surface area contributed by atoms with Crippen LogP contribution in [0.15, 0.2) is 42.7 Å². The molecule has 0 aliphatic carbocycles. The summed E-state index contributed by atoms with van der Waals surface area (Å²) in [4.78, 5) is 11.9. The van der Waals surface area contributed by atoms with Gasteiger partial charge in [-0.1, -0.05) is 12.1 Å². The average molecular weight is 334 g/mol. The number of aromatic nitrogens is 4. The van der Waals surface area contributed by atoms with E-state index >= 15 is 0 Å². The average Bonchev–Trinajstić information content (AvgIpc) is 3.00. The zero-order chi connectivity index (χ0) is 17.3. The molecule has 0 N–H and O–H groups in total. The highest BCUT2D eigenvalue weighted by molar-refractivity contribution is 5.62. The summed E-state index contributed by atoms with van der Waals surface area (Å²) < 4.78 is 46.2. The Morgan fingerprint density at radius 1 is 1.12 bits per heavy atom. The van der Waals surface area contributed by atoms with Gasteiger partial charge in [-0.2, -0.15) is 13.2 Å². The van der Waals surface area contributed by atoms with Gasteiger partial charge in [0.05, 0.1) is 12.8 Å². The van der Waals surface area contributed by atoms with E-state index in [1.807, 2.05) is 0 Å². The van der Waals surface area contributed by atoms with Gasteiger partial charge in [-0.05, 0) is 25.1 Å². The van der Waals surface area contributed by atoms with Crippen molar-refractivity contribution in [2.45, 2.75) is 13.1 Å². The summed E-state index contributed by atoms with van der Waals surface area (Å²) in [6.45, 7) is 1.66. The molecule has 0 fully saturated rings. The summed E-state index contributed by atoms with van der Waals surface area (Å²) in [6.07, 6.45) is -1.59. The molecule has 0 saturated heterocycles. The molecule has 0 atom stereocenters. The summed E-state index contributed by atoms with van der Waals surface area (Å²) in [5.74, 6) is 0.934. The van der Waals surface area contributed by atoms with Gasteiger partial charge in [-0.15, -0.1) is 0 Å². The number of nitrogens with zero attached hydrogens (tertiary/aromatic N) is 4. The van der Waals surface area contributed by atoms with Crippen LogP contribution in [0.2, 0.25) is 0 Å². The Morgan fingerprint density at radius 3 is 2.54 bits per heavy atom. The second-order valence-electron chi connectivity index (χ2n) is 5.01. The first-order valence-corrected chi connectivity index (χ1v) is 6.99. The van der Waals surface area contributed by atoms with Gasteiger partial charge in [0.15, 0.2) is 5.69 Å². The lowest BCUT2D eigenvalue weighted by Gasteiger charge is -2.12. The molecule has 2 aromatic heterocycles. The maximum Gasteiger partial charge on any atom is 0.433 e. The predicted molar refractivity (Wildman–Crippen MR) is 80.9 cm³/mol. The minimum Gasteiger partial charge on any atom is -0.497 e. The third-order valence-electron chi connectivity index (χ3n) is 3.41. The largest absolute Gasteiger partial charge is 0.497 e. The van der Waals surface area contributed by atoms with Crippen molar-refractivity contribution in [3.05, 3.63) is 54.2 Å². The standard InChI is InChI=1S/C16H13F3N4O/c1-10-20-6-7-23(10)15-21-13(9-14(22-15)16(17,18)19)11-4-3-5-12(8-11)24-2/h3-9H,1-2H3. The molecule has 0 bridgehead atoms. The van der Waals surface area contributed by atoms with E-state index in [1.54, 1.807) is 31.2 Å². The zero-order valence-electron chi connectivity index (χ0n) is 12.9. The molecule has 3 aromatic rings. The summed E-state index contributed by atoms with van der Waals surface area (Å²) in [5.41, 5.74) is -0.362. The van der Waals surface area contributed by atoms with Crippen LogP contribution < -0.4 is 4.74 Å². The van der Waals surface area contributed by atoms with Crippen LogP contribution in [0.3, 0.4) is 0 Å². The van der Waals surface area contributed by atoms with E-state index in [4.69, 9.17) is 4.74 Å². The van der Waals surface area contributed by atoms with Crippen molar-refractivity contribution in [3.8, 4) is 23.0 Å². The number of halogens is 3. The van der Waals surface area contributed by atoms with Crippen molar-refractivity contribution in [1.82, 2.24) is 19.5 Å². The fraction of sp³-hybridized carbons (Fsp3) is 0.188. The Bertz CT molecular complexity index is 874. The second kappa shape index (κ2) is 5.95. The Balaban J connectivity index is 2.20. The van der Waals surface area contributed by atoms with Gasteiger partial charge in [0.2, 0.25) is 5.95 Å². The van der Waals surface area contributed by atoms with Gasteiger partial charge in [-0.3, -0.25) is 4.57 Å². The molecule has 8 heteroatoms. The number of methoxy groups -OCH3 is 1. The molecule has 0 saturated carbocycles. The van der Waals surface area contributed by atoms with Gasteiger partial charge in [-0.25, -0.2) is 15.0 Å². The fourth-order valence-electron chi connectivity index (χ4n) is 2.21. The Kier molecular flexibility index (Phi) is 3.96. The van der Waals surface area contributed by atoms with E-state index in [2.05, 4.69) is 15.0 Å². The Morgan fingerprint density at radius 2 is 1.92 bits per heavy atom. The summed E-state index contributed by atoms with van der Waals surface area (Å²) in [6, 6.07) is 7.59. The topological polar surface area (TPSA) is 52.8 Å². The lowest BCUT2D eigenvalue weighted by molar-refractivity contribution is -0.141. The van der Waals surface area contributed by atoms with E-state index < -0.39 is 11.9 Å². The van der Waals surface area contributed by atoms with Crippen molar-refractivity contribution in [2.75, 3.05) is 7.11 Å². The molecular formula is C16H13F3N4O. The third kappa shape index (κ3) is 3.08. The van der Waals surface area contributed by atoms with Crippen LogP contribution in [0.4, 0.5) is 13.2 Å². The van der Waals surface area contributed by atoms with Crippen molar-refractivity contribution in [1.29, 1.82) is 0 Å². The quantitative estimate of drug-likeness (QED) is 0.733. The molecule has 1 aromatic carbocycles. The zero-order valence-corrected chi connectivity index (χ0v) is 12.9. The fourth-order valence-corrected chi connectivity index (χ4v) is 2.21. The summed E-state index contributed by atoms with van der Waals surface area (Å²) in [7, 11) is 1.49. The third-order valence-corrected chi connectivity index (χ3v) is 3.41. The summed E-state index contributed by atoms with van der Waals surface area (Å²) >= 11 is 0. The Hall–Kier alpha value is -2.90. The molecule has 124 valence electrons. The van der Waals surface area contributed by atoms with E-state index in [9.17, 15) is 13.2 Å². The van der Waals surface area contributed by atoms with Crippen LogP contribution in [0.25, 0.3) is 17.2 Å².